The van der Waals surface area contributed by atoms with Gasteiger partial charge in [0.25, 0.3) is 0 Å². The van der Waals surface area contributed by atoms with E-state index in [1.165, 1.54) is 27.4 Å². The Balaban J connectivity index is 2.91. The second-order valence-corrected chi connectivity index (χ2v) is 6.85. The molecule has 0 bridgehead atoms. The average Bonchev–Trinajstić information content (AvgIpc) is 2.60. The summed E-state index contributed by atoms with van der Waals surface area (Å²) < 4.78 is 43.4. The number of nitrogens with zero attached hydrogens (tertiary/aromatic N) is 1. The molecule has 7 nitrogen and oxygen atoms in total. The van der Waals surface area contributed by atoms with Crippen molar-refractivity contribution in [2.24, 2.45) is 0 Å². The lowest BCUT2D eigenvalue weighted by Crippen LogP contribution is -2.30. The second kappa shape index (κ2) is 9.71. The molecule has 0 atom stereocenters. The van der Waals surface area contributed by atoms with Crippen LogP contribution < -0.4 is 18.9 Å². The highest BCUT2D eigenvalue weighted by atomic mass is 32.2. The Kier molecular flexibility index (Phi) is 8.30. The SMILES string of the molecule is CCN(CC)CCCNS(=O)(=O)c1ccc(OC)c(OC)c1OC. The summed E-state index contributed by atoms with van der Waals surface area (Å²) in [4.78, 5) is 2.27. The first kappa shape index (κ1) is 20.5. The minimum absolute atomic E-state index is 0.0329. The van der Waals surface area contributed by atoms with Crippen molar-refractivity contribution >= 4 is 10.0 Å². The molecule has 0 unspecified atom stereocenters. The molecule has 0 spiro atoms. The third-order valence-electron chi connectivity index (χ3n) is 3.80. The van der Waals surface area contributed by atoms with Crippen molar-refractivity contribution in [1.29, 1.82) is 0 Å². The Morgan fingerprint density at radius 1 is 1.00 bits per heavy atom. The molecule has 1 aromatic carbocycles. The molecule has 24 heavy (non-hydrogen) atoms. The van der Waals surface area contributed by atoms with Gasteiger partial charge in [-0.25, -0.2) is 13.1 Å². The third-order valence-corrected chi connectivity index (χ3v) is 5.28. The fraction of sp³-hybridized carbons (Fsp3) is 0.625. The normalized spacial score (nSPS) is 11.6. The molecule has 0 amide bonds. The lowest BCUT2D eigenvalue weighted by molar-refractivity contribution is 0.300. The van der Waals surface area contributed by atoms with Crippen molar-refractivity contribution in [1.82, 2.24) is 9.62 Å². The van der Waals surface area contributed by atoms with E-state index in [4.69, 9.17) is 14.2 Å². The molecular formula is C16H28N2O5S. The Hall–Kier alpha value is -1.51. The highest BCUT2D eigenvalue weighted by Crippen LogP contribution is 2.41. The summed E-state index contributed by atoms with van der Waals surface area (Å²) in [6.45, 7) is 7.28. The van der Waals surface area contributed by atoms with Gasteiger partial charge in [0.05, 0.1) is 21.3 Å². The zero-order chi connectivity index (χ0) is 18.2. The van der Waals surface area contributed by atoms with Crippen LogP contribution in [0.15, 0.2) is 17.0 Å². The number of sulfonamides is 1. The molecule has 0 heterocycles. The van der Waals surface area contributed by atoms with E-state index in [0.29, 0.717) is 12.3 Å². The summed E-state index contributed by atoms with van der Waals surface area (Å²) >= 11 is 0. The Morgan fingerprint density at radius 2 is 1.62 bits per heavy atom. The van der Waals surface area contributed by atoms with Gasteiger partial charge in [-0.2, -0.15) is 0 Å². The van der Waals surface area contributed by atoms with Crippen molar-refractivity contribution < 1.29 is 22.6 Å². The molecule has 0 saturated heterocycles. The van der Waals surface area contributed by atoms with Gasteiger partial charge in [0.1, 0.15) is 4.90 Å². The van der Waals surface area contributed by atoms with Crippen LogP contribution in [-0.2, 0) is 10.0 Å². The summed E-state index contributed by atoms with van der Waals surface area (Å²) in [6, 6.07) is 3.00. The molecule has 0 radical (unpaired) electrons. The number of benzene rings is 1. The molecule has 1 N–H and O–H groups in total. The highest BCUT2D eigenvalue weighted by Gasteiger charge is 2.25. The van der Waals surface area contributed by atoms with Gasteiger partial charge in [0.15, 0.2) is 11.5 Å². The maximum absolute atomic E-state index is 12.6. The maximum Gasteiger partial charge on any atom is 0.244 e. The Labute approximate surface area is 144 Å². The summed E-state index contributed by atoms with van der Waals surface area (Å²) in [5, 5.41) is 0. The van der Waals surface area contributed by atoms with Gasteiger partial charge in [0.2, 0.25) is 15.8 Å². The lowest BCUT2D eigenvalue weighted by atomic mass is 10.3. The smallest absolute Gasteiger partial charge is 0.244 e. The van der Waals surface area contributed by atoms with Gasteiger partial charge in [-0.1, -0.05) is 13.8 Å². The first-order valence-corrected chi connectivity index (χ1v) is 9.44. The van der Waals surface area contributed by atoms with Gasteiger partial charge in [-0.05, 0) is 38.2 Å². The van der Waals surface area contributed by atoms with Crippen LogP contribution in [0, 0.1) is 0 Å². The fourth-order valence-corrected chi connectivity index (χ4v) is 3.65. The standard InChI is InChI=1S/C16H28N2O5S/c1-6-18(7-2)12-8-11-17-24(19,20)14-10-9-13(21-3)15(22-4)16(14)23-5/h9-10,17H,6-8,11-12H2,1-5H3. The number of hydrogen-bond donors (Lipinski definition) is 1. The summed E-state index contributed by atoms with van der Waals surface area (Å²) in [5.41, 5.74) is 0. The average molecular weight is 360 g/mol. The van der Waals surface area contributed by atoms with Gasteiger partial charge < -0.3 is 19.1 Å². The van der Waals surface area contributed by atoms with E-state index < -0.39 is 10.0 Å². The number of hydrogen-bond acceptors (Lipinski definition) is 6. The van der Waals surface area contributed by atoms with E-state index >= 15 is 0 Å². The summed E-state index contributed by atoms with van der Waals surface area (Å²) in [7, 11) is 0.620. The second-order valence-electron chi connectivity index (χ2n) is 5.11. The minimum atomic E-state index is -3.70. The molecule has 1 aromatic rings. The van der Waals surface area contributed by atoms with Crippen LogP contribution in [0.5, 0.6) is 17.2 Å². The van der Waals surface area contributed by atoms with Crippen molar-refractivity contribution in [3.8, 4) is 17.2 Å². The molecule has 8 heteroatoms. The quantitative estimate of drug-likeness (QED) is 0.606. The van der Waals surface area contributed by atoms with Crippen molar-refractivity contribution in [3.63, 3.8) is 0 Å². The number of methoxy groups -OCH3 is 3. The predicted molar refractivity (Wildman–Crippen MR) is 93.7 cm³/mol. The maximum atomic E-state index is 12.6. The molecule has 0 aliphatic heterocycles. The van der Waals surface area contributed by atoms with Crippen molar-refractivity contribution in [2.45, 2.75) is 25.2 Å². The van der Waals surface area contributed by atoms with Crippen LogP contribution in [0.25, 0.3) is 0 Å². The van der Waals surface area contributed by atoms with Gasteiger partial charge in [0, 0.05) is 6.54 Å². The van der Waals surface area contributed by atoms with Crippen LogP contribution in [0.2, 0.25) is 0 Å². The predicted octanol–water partition coefficient (Wildman–Crippen LogP) is 1.72. The van der Waals surface area contributed by atoms with E-state index in [1.54, 1.807) is 6.07 Å². The molecular weight excluding hydrogens is 332 g/mol. The van der Waals surface area contributed by atoms with Crippen LogP contribution in [0.4, 0.5) is 0 Å². The van der Waals surface area contributed by atoms with E-state index in [9.17, 15) is 8.42 Å². The molecule has 0 saturated carbocycles. The zero-order valence-electron chi connectivity index (χ0n) is 15.1. The zero-order valence-corrected chi connectivity index (χ0v) is 15.9. The Bertz CT molecular complexity index is 615. The van der Waals surface area contributed by atoms with E-state index in [2.05, 4.69) is 23.5 Å². The third kappa shape index (κ3) is 4.99. The number of rotatable bonds is 11. The van der Waals surface area contributed by atoms with Gasteiger partial charge >= 0.3 is 0 Å². The summed E-state index contributed by atoms with van der Waals surface area (Å²) in [5.74, 6) is 0.800. The van der Waals surface area contributed by atoms with Crippen LogP contribution in [-0.4, -0.2) is 60.8 Å². The molecule has 1 rings (SSSR count). The van der Waals surface area contributed by atoms with Gasteiger partial charge in [-0.15, -0.1) is 0 Å². The molecule has 0 fully saturated rings. The number of nitrogens with one attached hydrogen (secondary N) is 1. The van der Waals surface area contributed by atoms with E-state index in [0.717, 1.165) is 26.1 Å². The largest absolute Gasteiger partial charge is 0.493 e. The lowest BCUT2D eigenvalue weighted by Gasteiger charge is -2.18. The number of ether oxygens (including phenoxy) is 3. The first-order valence-electron chi connectivity index (χ1n) is 7.96. The molecule has 0 aliphatic rings. The Morgan fingerprint density at radius 3 is 2.12 bits per heavy atom. The summed E-state index contributed by atoms with van der Waals surface area (Å²) in [6.07, 6.45) is 0.733. The van der Waals surface area contributed by atoms with E-state index in [-0.39, 0.29) is 16.4 Å². The fourth-order valence-electron chi connectivity index (χ4n) is 2.41. The van der Waals surface area contributed by atoms with Crippen molar-refractivity contribution in [3.05, 3.63) is 12.1 Å². The molecule has 138 valence electrons. The molecule has 0 aliphatic carbocycles. The highest BCUT2D eigenvalue weighted by molar-refractivity contribution is 7.89. The van der Waals surface area contributed by atoms with Crippen LogP contribution in [0.3, 0.4) is 0 Å². The van der Waals surface area contributed by atoms with Crippen LogP contribution >= 0.6 is 0 Å². The van der Waals surface area contributed by atoms with Crippen LogP contribution in [0.1, 0.15) is 20.3 Å². The van der Waals surface area contributed by atoms with Gasteiger partial charge in [-0.3, -0.25) is 0 Å². The van der Waals surface area contributed by atoms with Crippen molar-refractivity contribution in [2.75, 3.05) is 47.5 Å². The first-order chi connectivity index (χ1) is 11.4. The minimum Gasteiger partial charge on any atom is -0.493 e. The van der Waals surface area contributed by atoms with E-state index in [1.807, 2.05) is 0 Å². The monoisotopic (exact) mass is 360 g/mol. The molecule has 0 aromatic heterocycles. The topological polar surface area (TPSA) is 77.1 Å².